The van der Waals surface area contributed by atoms with E-state index in [1.54, 1.807) is 4.68 Å². The van der Waals surface area contributed by atoms with Crippen molar-refractivity contribution in [2.75, 3.05) is 0 Å². The largest absolute Gasteiger partial charge is 0.368 e. The van der Waals surface area contributed by atoms with Crippen molar-refractivity contribution in [3.8, 4) is 0 Å². The molecular formula is C20H27N5O2S. The highest BCUT2D eigenvalue weighted by molar-refractivity contribution is 7.08. The first-order chi connectivity index (χ1) is 13.3. The number of rotatable bonds is 6. The fourth-order valence-electron chi connectivity index (χ4n) is 4.33. The lowest BCUT2D eigenvalue weighted by Gasteiger charge is -2.40. The molecule has 150 valence electrons. The molecule has 0 spiro atoms. The van der Waals surface area contributed by atoms with E-state index < -0.39 is 11.1 Å². The summed E-state index contributed by atoms with van der Waals surface area (Å²) in [4.78, 5) is 24.8. The van der Waals surface area contributed by atoms with Gasteiger partial charge in [-0.25, -0.2) is 4.68 Å². The van der Waals surface area contributed by atoms with Crippen molar-refractivity contribution < 1.29 is 9.59 Å². The number of thiophene rings is 1. The fraction of sp³-hybridized carbons (Fsp3) is 0.600. The molecule has 2 saturated carbocycles. The minimum absolute atomic E-state index is 0.104. The van der Waals surface area contributed by atoms with Gasteiger partial charge in [0.05, 0.1) is 17.3 Å². The summed E-state index contributed by atoms with van der Waals surface area (Å²) in [5.41, 5.74) is 5.55. The van der Waals surface area contributed by atoms with Gasteiger partial charge in [0.15, 0.2) is 0 Å². The molecule has 3 N–H and O–H groups in total. The maximum atomic E-state index is 12.9. The van der Waals surface area contributed by atoms with Crippen LogP contribution in [0, 0.1) is 11.8 Å². The molecule has 2 aromatic rings. The van der Waals surface area contributed by atoms with Gasteiger partial charge in [-0.2, -0.15) is 11.3 Å². The maximum absolute atomic E-state index is 12.9. The number of primary amides is 1. The van der Waals surface area contributed by atoms with Crippen molar-refractivity contribution in [2.45, 2.75) is 63.5 Å². The van der Waals surface area contributed by atoms with Gasteiger partial charge >= 0.3 is 0 Å². The van der Waals surface area contributed by atoms with Crippen molar-refractivity contribution >= 4 is 23.2 Å². The third-order valence-corrected chi connectivity index (χ3v) is 7.32. The van der Waals surface area contributed by atoms with E-state index in [2.05, 4.69) is 22.6 Å². The molecule has 1 atom stereocenters. The molecule has 0 aromatic carbocycles. The Morgan fingerprint density at radius 2 is 2.04 bits per heavy atom. The van der Waals surface area contributed by atoms with E-state index in [4.69, 9.17) is 5.73 Å². The van der Waals surface area contributed by atoms with Crippen molar-refractivity contribution in [1.29, 1.82) is 0 Å². The number of nitrogens with one attached hydrogen (secondary N) is 1. The Balaban J connectivity index is 1.66. The van der Waals surface area contributed by atoms with Gasteiger partial charge in [-0.1, -0.05) is 25.0 Å². The lowest BCUT2D eigenvalue weighted by molar-refractivity contribution is -0.122. The number of hydrogen-bond acceptors (Lipinski definition) is 5. The van der Waals surface area contributed by atoms with Crippen LogP contribution in [0.15, 0.2) is 23.0 Å². The number of nitrogens with zero attached hydrogens (tertiary/aromatic N) is 3. The Morgan fingerprint density at radius 3 is 2.61 bits per heavy atom. The molecule has 7 nitrogen and oxygen atoms in total. The number of aromatic nitrogens is 3. The summed E-state index contributed by atoms with van der Waals surface area (Å²) >= 11 is 1.50. The van der Waals surface area contributed by atoms with E-state index in [0.29, 0.717) is 30.0 Å². The minimum atomic E-state index is -0.745. The van der Waals surface area contributed by atoms with Crippen molar-refractivity contribution in [1.82, 2.24) is 20.3 Å². The minimum Gasteiger partial charge on any atom is -0.368 e. The van der Waals surface area contributed by atoms with E-state index >= 15 is 0 Å². The van der Waals surface area contributed by atoms with Gasteiger partial charge in [0.2, 0.25) is 5.91 Å². The third kappa shape index (κ3) is 3.23. The topological polar surface area (TPSA) is 103 Å². The van der Waals surface area contributed by atoms with Crippen LogP contribution in [0.4, 0.5) is 0 Å². The molecule has 8 heteroatoms. The second kappa shape index (κ2) is 6.99. The van der Waals surface area contributed by atoms with Crippen LogP contribution in [0.3, 0.4) is 0 Å². The predicted octanol–water partition coefficient (Wildman–Crippen LogP) is 2.79. The standard InChI is InChI=1S/C20H27N5O2S/c1-13-3-5-15(6-4-13)19(2,22-17(26)14-7-10-28-12-14)16-11-25(24-23-16)20(8-9-20)18(21)27/h7,10-13,15H,3-6,8-9H2,1-2H3,(H2,21,27)(H,22,26)/t13?,15?,19-/m0/s1. The lowest BCUT2D eigenvalue weighted by Crippen LogP contribution is -2.50. The Bertz CT molecular complexity index is 865. The normalized spacial score (nSPS) is 25.6. The van der Waals surface area contributed by atoms with Crippen LogP contribution in [-0.2, 0) is 15.9 Å². The van der Waals surface area contributed by atoms with Crippen LogP contribution in [0.5, 0.6) is 0 Å². The molecule has 2 fully saturated rings. The van der Waals surface area contributed by atoms with Crippen LogP contribution in [-0.4, -0.2) is 26.8 Å². The van der Waals surface area contributed by atoms with Crippen molar-refractivity contribution in [3.63, 3.8) is 0 Å². The molecule has 0 aliphatic heterocycles. The average molecular weight is 402 g/mol. The molecular weight excluding hydrogens is 374 g/mol. The zero-order valence-corrected chi connectivity index (χ0v) is 17.2. The first-order valence-corrected chi connectivity index (χ1v) is 10.9. The van der Waals surface area contributed by atoms with Crippen molar-refractivity contribution in [3.05, 3.63) is 34.3 Å². The summed E-state index contributed by atoms with van der Waals surface area (Å²) in [6.07, 6.45) is 7.49. The van der Waals surface area contributed by atoms with Crippen molar-refractivity contribution in [2.24, 2.45) is 17.6 Å². The van der Waals surface area contributed by atoms with E-state index in [1.807, 2.05) is 29.9 Å². The smallest absolute Gasteiger partial charge is 0.252 e. The highest BCUT2D eigenvalue weighted by Crippen LogP contribution is 2.44. The zero-order chi connectivity index (χ0) is 19.9. The van der Waals surface area contributed by atoms with E-state index in [1.165, 1.54) is 11.3 Å². The molecule has 28 heavy (non-hydrogen) atoms. The number of carbonyl (C=O) groups excluding carboxylic acids is 2. The molecule has 0 bridgehead atoms. The van der Waals surface area contributed by atoms with E-state index in [0.717, 1.165) is 25.7 Å². The molecule has 2 heterocycles. The number of hydrogen-bond donors (Lipinski definition) is 2. The second-order valence-corrected chi connectivity index (χ2v) is 9.35. The molecule has 0 unspecified atom stereocenters. The van der Waals surface area contributed by atoms with Gasteiger partial charge < -0.3 is 11.1 Å². The first kappa shape index (κ1) is 19.1. The van der Waals surface area contributed by atoms with Gasteiger partial charge in [0.25, 0.3) is 5.91 Å². The fourth-order valence-corrected chi connectivity index (χ4v) is 4.97. The SMILES string of the molecule is CC1CCC([C@](C)(NC(=O)c2ccsc2)c2cn(C3(C(N)=O)CC3)nn2)CC1. The molecule has 2 aliphatic carbocycles. The second-order valence-electron chi connectivity index (χ2n) is 8.57. The summed E-state index contributed by atoms with van der Waals surface area (Å²) < 4.78 is 1.60. The zero-order valence-electron chi connectivity index (χ0n) is 16.4. The monoisotopic (exact) mass is 401 g/mol. The average Bonchev–Trinajstić information content (AvgIpc) is 3.10. The summed E-state index contributed by atoms with van der Waals surface area (Å²) in [5, 5.41) is 15.6. The Kier molecular flexibility index (Phi) is 4.77. The van der Waals surface area contributed by atoms with Crippen LogP contribution in [0.25, 0.3) is 0 Å². The molecule has 2 aromatic heterocycles. The van der Waals surface area contributed by atoms with Gasteiger partial charge in [-0.05, 0) is 55.9 Å². The Labute approximate surface area is 168 Å². The Morgan fingerprint density at radius 1 is 1.32 bits per heavy atom. The number of carbonyl (C=O) groups is 2. The third-order valence-electron chi connectivity index (χ3n) is 6.64. The lowest BCUT2D eigenvalue weighted by atomic mass is 9.71. The highest BCUT2D eigenvalue weighted by atomic mass is 32.1. The quantitative estimate of drug-likeness (QED) is 0.777. The molecule has 2 amide bonds. The van der Waals surface area contributed by atoms with Gasteiger partial charge in [-0.15, -0.1) is 5.10 Å². The highest BCUT2D eigenvalue weighted by Gasteiger charge is 2.52. The molecule has 0 radical (unpaired) electrons. The van der Waals surface area contributed by atoms with Crippen LogP contribution in [0.2, 0.25) is 0 Å². The van der Waals surface area contributed by atoms with Gasteiger partial charge in [-0.3, -0.25) is 9.59 Å². The number of nitrogens with two attached hydrogens (primary N) is 1. The number of amides is 2. The first-order valence-electron chi connectivity index (χ1n) is 9.93. The summed E-state index contributed by atoms with van der Waals surface area (Å²) in [5.74, 6) is 0.487. The van der Waals surface area contributed by atoms with Crippen LogP contribution < -0.4 is 11.1 Å². The van der Waals surface area contributed by atoms with E-state index in [9.17, 15) is 9.59 Å². The molecule has 4 rings (SSSR count). The maximum Gasteiger partial charge on any atom is 0.252 e. The van der Waals surface area contributed by atoms with E-state index in [-0.39, 0.29) is 17.7 Å². The summed E-state index contributed by atoms with van der Waals surface area (Å²) in [7, 11) is 0. The summed E-state index contributed by atoms with van der Waals surface area (Å²) in [6.45, 7) is 4.31. The van der Waals surface area contributed by atoms with Crippen LogP contribution in [0.1, 0.15) is 68.4 Å². The van der Waals surface area contributed by atoms with Crippen LogP contribution >= 0.6 is 11.3 Å². The van der Waals surface area contributed by atoms with Gasteiger partial charge in [0.1, 0.15) is 11.2 Å². The van der Waals surface area contributed by atoms with Gasteiger partial charge in [0, 0.05) is 5.38 Å². The summed E-state index contributed by atoms with van der Waals surface area (Å²) in [6, 6.07) is 1.83. The predicted molar refractivity (Wildman–Crippen MR) is 107 cm³/mol. The molecule has 2 aliphatic rings. The Hall–Kier alpha value is -2.22. The molecule has 0 saturated heterocycles.